The van der Waals surface area contributed by atoms with E-state index in [0.29, 0.717) is 32.0 Å². The second-order valence-corrected chi connectivity index (χ2v) is 6.86. The fraction of sp³-hybridized carbons (Fsp3) is 0.412. The van der Waals surface area contributed by atoms with Gasteiger partial charge in [0.1, 0.15) is 16.5 Å². The van der Waals surface area contributed by atoms with Crippen molar-refractivity contribution in [1.29, 1.82) is 0 Å². The van der Waals surface area contributed by atoms with Gasteiger partial charge in [0.25, 0.3) is 5.91 Å². The highest BCUT2D eigenvalue weighted by Gasteiger charge is 2.35. The molecule has 0 unspecified atom stereocenters. The zero-order chi connectivity index (χ0) is 17.0. The molecule has 3 rings (SSSR count). The molecule has 1 saturated heterocycles. The summed E-state index contributed by atoms with van der Waals surface area (Å²) in [6, 6.07) is 6.51. The molecule has 1 aromatic carbocycles. The van der Waals surface area contributed by atoms with Crippen molar-refractivity contribution < 1.29 is 13.9 Å². The van der Waals surface area contributed by atoms with Gasteiger partial charge in [0, 0.05) is 37.1 Å². The average molecular weight is 349 g/mol. The number of amides is 1. The highest BCUT2D eigenvalue weighted by Crippen LogP contribution is 2.34. The molecule has 128 valence electrons. The van der Waals surface area contributed by atoms with Crippen LogP contribution in [0.3, 0.4) is 0 Å². The van der Waals surface area contributed by atoms with Crippen molar-refractivity contribution in [1.82, 2.24) is 10.3 Å². The lowest BCUT2D eigenvalue weighted by Gasteiger charge is -2.37. The normalized spacial score (nSPS) is 16.8. The van der Waals surface area contributed by atoms with E-state index in [0.717, 1.165) is 23.4 Å². The van der Waals surface area contributed by atoms with Crippen LogP contribution in [0.15, 0.2) is 29.6 Å². The zero-order valence-electron chi connectivity index (χ0n) is 13.3. The van der Waals surface area contributed by atoms with Crippen molar-refractivity contribution in [3.05, 3.63) is 51.7 Å². The number of nitrogens with two attached hydrogens (primary N) is 1. The molecule has 0 bridgehead atoms. The number of nitrogens with one attached hydrogen (secondary N) is 1. The van der Waals surface area contributed by atoms with Crippen molar-refractivity contribution in [2.24, 2.45) is 5.73 Å². The lowest BCUT2D eigenvalue weighted by Crippen LogP contribution is -2.44. The van der Waals surface area contributed by atoms with E-state index in [1.165, 1.54) is 23.5 Å². The van der Waals surface area contributed by atoms with Crippen LogP contribution < -0.4 is 11.1 Å². The molecule has 2 aromatic rings. The summed E-state index contributed by atoms with van der Waals surface area (Å²) >= 11 is 1.38. The Morgan fingerprint density at radius 2 is 2.04 bits per heavy atom. The topological polar surface area (TPSA) is 77.2 Å². The van der Waals surface area contributed by atoms with E-state index in [9.17, 15) is 9.18 Å². The van der Waals surface area contributed by atoms with Gasteiger partial charge in [-0.3, -0.25) is 4.79 Å². The monoisotopic (exact) mass is 349 g/mol. The van der Waals surface area contributed by atoms with Crippen LogP contribution in [0.1, 0.15) is 33.9 Å². The number of halogens is 1. The number of carbonyl (C=O) groups excluding carboxylic acids is 1. The molecule has 3 N–H and O–H groups in total. The van der Waals surface area contributed by atoms with Gasteiger partial charge in [-0.1, -0.05) is 12.1 Å². The van der Waals surface area contributed by atoms with Crippen molar-refractivity contribution in [2.45, 2.75) is 24.8 Å². The van der Waals surface area contributed by atoms with Gasteiger partial charge in [0.15, 0.2) is 0 Å². The fourth-order valence-corrected chi connectivity index (χ4v) is 3.64. The van der Waals surface area contributed by atoms with E-state index >= 15 is 0 Å². The van der Waals surface area contributed by atoms with Gasteiger partial charge in [0.05, 0.1) is 0 Å². The first-order valence-electron chi connectivity index (χ1n) is 7.89. The number of nitrogens with zero attached hydrogens (tertiary/aromatic N) is 1. The van der Waals surface area contributed by atoms with E-state index in [4.69, 9.17) is 10.5 Å². The number of hydrogen-bond donors (Lipinski definition) is 2. The Labute approximate surface area is 144 Å². The van der Waals surface area contributed by atoms with Crippen LogP contribution in [0.5, 0.6) is 0 Å². The summed E-state index contributed by atoms with van der Waals surface area (Å²) in [5.41, 5.74) is 6.71. The zero-order valence-corrected chi connectivity index (χ0v) is 14.1. The van der Waals surface area contributed by atoms with E-state index < -0.39 is 0 Å². The third-order valence-electron chi connectivity index (χ3n) is 4.45. The summed E-state index contributed by atoms with van der Waals surface area (Å²) in [6.07, 6.45) is 1.56. The second-order valence-electron chi connectivity index (χ2n) is 5.91. The molecule has 1 aliphatic rings. The van der Waals surface area contributed by atoms with Crippen LogP contribution in [0, 0.1) is 5.82 Å². The molecule has 0 atom stereocenters. The molecule has 1 aromatic heterocycles. The molecular formula is C17H20FN3O2S. The summed E-state index contributed by atoms with van der Waals surface area (Å²) in [5.74, 6) is -0.472. The van der Waals surface area contributed by atoms with Gasteiger partial charge >= 0.3 is 0 Å². The van der Waals surface area contributed by atoms with E-state index in [-0.39, 0.29) is 17.1 Å². The summed E-state index contributed by atoms with van der Waals surface area (Å²) in [7, 11) is 0. The first-order chi connectivity index (χ1) is 11.6. The highest BCUT2D eigenvalue weighted by atomic mass is 32.1. The third-order valence-corrected chi connectivity index (χ3v) is 5.32. The highest BCUT2D eigenvalue weighted by molar-refractivity contribution is 7.09. The van der Waals surface area contributed by atoms with Crippen LogP contribution in [0.2, 0.25) is 0 Å². The number of rotatable bonds is 5. The Hall–Kier alpha value is -1.83. The van der Waals surface area contributed by atoms with E-state index in [1.807, 2.05) is 0 Å². The predicted octanol–water partition coefficient (Wildman–Crippen LogP) is 2.22. The average Bonchev–Trinajstić information content (AvgIpc) is 3.10. The van der Waals surface area contributed by atoms with Gasteiger partial charge < -0.3 is 15.8 Å². The minimum Gasteiger partial charge on any atom is -0.381 e. The number of carbonyl (C=O) groups is 1. The Morgan fingerprint density at radius 3 is 2.67 bits per heavy atom. The third kappa shape index (κ3) is 3.63. The molecule has 24 heavy (non-hydrogen) atoms. The number of aromatic nitrogens is 1. The molecule has 7 heteroatoms. The van der Waals surface area contributed by atoms with Crippen LogP contribution in [0.4, 0.5) is 4.39 Å². The van der Waals surface area contributed by atoms with Crippen molar-refractivity contribution in [2.75, 3.05) is 19.8 Å². The SMILES string of the molecule is NCc1nc(C(=O)NCC2(c3ccc(F)cc3)CCOCC2)cs1. The second kappa shape index (κ2) is 7.38. The molecule has 5 nitrogen and oxygen atoms in total. The van der Waals surface area contributed by atoms with Gasteiger partial charge in [-0.25, -0.2) is 9.37 Å². The smallest absolute Gasteiger partial charge is 0.270 e. The Balaban J connectivity index is 1.75. The molecular weight excluding hydrogens is 329 g/mol. The van der Waals surface area contributed by atoms with Crippen LogP contribution >= 0.6 is 11.3 Å². The number of benzene rings is 1. The number of thiazole rings is 1. The van der Waals surface area contributed by atoms with Gasteiger partial charge in [-0.05, 0) is 30.5 Å². The number of ether oxygens (including phenoxy) is 1. The quantitative estimate of drug-likeness (QED) is 0.868. The van der Waals surface area contributed by atoms with Gasteiger partial charge in [0.2, 0.25) is 0 Å². The van der Waals surface area contributed by atoms with E-state index in [2.05, 4.69) is 10.3 Å². The molecule has 1 fully saturated rings. The minimum absolute atomic E-state index is 0.209. The number of hydrogen-bond acceptors (Lipinski definition) is 5. The van der Waals surface area contributed by atoms with Crippen molar-refractivity contribution in [3.8, 4) is 0 Å². The molecule has 1 amide bonds. The first kappa shape index (κ1) is 17.0. The Kier molecular flexibility index (Phi) is 5.23. The summed E-state index contributed by atoms with van der Waals surface area (Å²) in [4.78, 5) is 16.6. The molecule has 0 saturated carbocycles. The molecule has 0 spiro atoms. The molecule has 2 heterocycles. The van der Waals surface area contributed by atoms with Crippen LogP contribution in [-0.4, -0.2) is 30.6 Å². The minimum atomic E-state index is -0.262. The van der Waals surface area contributed by atoms with Crippen LogP contribution in [0.25, 0.3) is 0 Å². The van der Waals surface area contributed by atoms with Crippen molar-refractivity contribution >= 4 is 17.2 Å². The predicted molar refractivity (Wildman–Crippen MR) is 90.5 cm³/mol. The molecule has 0 radical (unpaired) electrons. The van der Waals surface area contributed by atoms with Gasteiger partial charge in [-0.15, -0.1) is 11.3 Å². The Morgan fingerprint density at radius 1 is 1.33 bits per heavy atom. The largest absolute Gasteiger partial charge is 0.381 e. The lowest BCUT2D eigenvalue weighted by molar-refractivity contribution is 0.0486. The maximum Gasteiger partial charge on any atom is 0.270 e. The fourth-order valence-electron chi connectivity index (χ4n) is 2.98. The maximum atomic E-state index is 13.2. The van der Waals surface area contributed by atoms with Crippen molar-refractivity contribution in [3.63, 3.8) is 0 Å². The first-order valence-corrected chi connectivity index (χ1v) is 8.77. The summed E-state index contributed by atoms with van der Waals surface area (Å²) in [6.45, 7) is 2.05. The molecule has 0 aliphatic carbocycles. The van der Waals surface area contributed by atoms with E-state index in [1.54, 1.807) is 17.5 Å². The standard InChI is InChI=1S/C17H20FN3O2S/c18-13-3-1-12(2-4-13)17(5-7-23-8-6-17)11-20-16(22)14-10-24-15(9-19)21-14/h1-4,10H,5-9,11,19H2,(H,20,22). The van der Waals surface area contributed by atoms with Gasteiger partial charge in [-0.2, -0.15) is 0 Å². The molecule has 1 aliphatic heterocycles. The summed E-state index contributed by atoms with van der Waals surface area (Å²) < 4.78 is 18.7. The summed E-state index contributed by atoms with van der Waals surface area (Å²) in [5, 5.41) is 5.43. The van der Waals surface area contributed by atoms with Crippen LogP contribution in [-0.2, 0) is 16.7 Å². The lowest BCUT2D eigenvalue weighted by atomic mass is 9.74. The maximum absolute atomic E-state index is 13.2. The Bertz CT molecular complexity index is 696.